The lowest BCUT2D eigenvalue weighted by atomic mass is 10.2. The third-order valence-corrected chi connectivity index (χ3v) is 4.57. The summed E-state index contributed by atoms with van der Waals surface area (Å²) in [6, 6.07) is 16.6. The number of hydrogen-bond donors (Lipinski definition) is 2. The van der Waals surface area contributed by atoms with Crippen LogP contribution < -0.4 is 20.1 Å². The molecule has 29 heavy (non-hydrogen) atoms. The average Bonchev–Trinajstić information content (AvgIpc) is 2.75. The van der Waals surface area contributed by atoms with Gasteiger partial charge in [-0.15, -0.1) is 0 Å². The van der Waals surface area contributed by atoms with Crippen molar-refractivity contribution in [3.05, 3.63) is 60.2 Å². The Balaban J connectivity index is 1.80. The highest BCUT2D eigenvalue weighted by atomic mass is 32.1. The van der Waals surface area contributed by atoms with Gasteiger partial charge in [0.15, 0.2) is 5.11 Å². The number of hydrogen-bond acceptors (Lipinski definition) is 5. The smallest absolute Gasteiger partial charge is 0.261 e. The molecule has 6 nitrogen and oxygen atoms in total. The molecule has 0 aliphatic carbocycles. The molecular weight excluding hydrogens is 386 g/mol. The second kappa shape index (κ2) is 12.7. The molecule has 0 aliphatic rings. The van der Waals surface area contributed by atoms with Crippen LogP contribution in [-0.2, 0) is 0 Å². The molecule has 2 N–H and O–H groups in total. The van der Waals surface area contributed by atoms with Crippen LogP contribution in [0.3, 0.4) is 0 Å². The summed E-state index contributed by atoms with van der Waals surface area (Å²) in [5.41, 5.74) is 0.431. The Kier molecular flexibility index (Phi) is 9.95. The lowest BCUT2D eigenvalue weighted by molar-refractivity contribution is 0.0971. The molecule has 0 aliphatic heterocycles. The quantitative estimate of drug-likeness (QED) is 0.434. The number of ether oxygens (including phenoxy) is 2. The van der Waals surface area contributed by atoms with Gasteiger partial charge < -0.3 is 19.7 Å². The largest absolute Gasteiger partial charge is 0.490 e. The number of carbonyl (C=O) groups excluding carboxylic acids is 1. The number of rotatable bonds is 11. The Labute approximate surface area is 178 Å². The third-order valence-electron chi connectivity index (χ3n) is 4.32. The topological polar surface area (TPSA) is 62.8 Å². The summed E-state index contributed by atoms with van der Waals surface area (Å²) >= 11 is 5.24. The van der Waals surface area contributed by atoms with E-state index in [-0.39, 0.29) is 5.91 Å². The normalized spacial score (nSPS) is 10.4. The molecule has 0 atom stereocenters. The fourth-order valence-electron chi connectivity index (χ4n) is 2.69. The van der Waals surface area contributed by atoms with Crippen LogP contribution in [0.4, 0.5) is 0 Å². The first-order chi connectivity index (χ1) is 14.1. The van der Waals surface area contributed by atoms with E-state index in [1.54, 1.807) is 18.2 Å². The van der Waals surface area contributed by atoms with E-state index >= 15 is 0 Å². The molecule has 0 saturated carbocycles. The molecule has 0 spiro atoms. The number of para-hydroxylation sites is 2. The second-order valence-corrected chi connectivity index (χ2v) is 6.65. The van der Waals surface area contributed by atoms with Gasteiger partial charge in [-0.3, -0.25) is 10.1 Å². The van der Waals surface area contributed by atoms with Gasteiger partial charge in [0.1, 0.15) is 24.7 Å². The first kappa shape index (κ1) is 22.6. The number of nitrogens with zero attached hydrogens (tertiary/aromatic N) is 1. The molecule has 1 amide bonds. The van der Waals surface area contributed by atoms with Crippen LogP contribution >= 0.6 is 12.2 Å². The van der Waals surface area contributed by atoms with Crippen LogP contribution in [0.15, 0.2) is 54.6 Å². The van der Waals surface area contributed by atoms with E-state index in [2.05, 4.69) is 29.4 Å². The second-order valence-electron chi connectivity index (χ2n) is 6.24. The van der Waals surface area contributed by atoms with Crippen molar-refractivity contribution in [2.24, 2.45) is 0 Å². The third kappa shape index (κ3) is 8.09. The monoisotopic (exact) mass is 415 g/mol. The van der Waals surface area contributed by atoms with Crippen molar-refractivity contribution in [2.75, 3.05) is 39.4 Å². The van der Waals surface area contributed by atoms with E-state index in [0.717, 1.165) is 25.4 Å². The number of amides is 1. The lowest BCUT2D eigenvalue weighted by Crippen LogP contribution is -2.42. The summed E-state index contributed by atoms with van der Waals surface area (Å²) < 4.78 is 11.4. The van der Waals surface area contributed by atoms with E-state index in [4.69, 9.17) is 21.7 Å². The molecule has 156 valence electrons. The Morgan fingerprint density at radius 1 is 0.966 bits per heavy atom. The van der Waals surface area contributed by atoms with Crippen LogP contribution in [0.25, 0.3) is 0 Å². The van der Waals surface area contributed by atoms with E-state index in [9.17, 15) is 4.79 Å². The highest BCUT2D eigenvalue weighted by molar-refractivity contribution is 7.80. The molecule has 0 bridgehead atoms. The van der Waals surface area contributed by atoms with Crippen LogP contribution in [-0.4, -0.2) is 55.3 Å². The maximum atomic E-state index is 12.6. The molecular formula is C22H29N3O3S. The van der Waals surface area contributed by atoms with Gasteiger partial charge in [0.05, 0.1) is 5.56 Å². The number of benzene rings is 2. The Morgan fingerprint density at radius 3 is 2.34 bits per heavy atom. The number of thiocarbonyl (C=S) groups is 1. The fraction of sp³-hybridized carbons (Fsp3) is 0.364. The highest BCUT2D eigenvalue weighted by Crippen LogP contribution is 2.18. The van der Waals surface area contributed by atoms with Gasteiger partial charge in [-0.2, -0.15) is 0 Å². The summed E-state index contributed by atoms with van der Waals surface area (Å²) in [5.74, 6) is 0.973. The van der Waals surface area contributed by atoms with Gasteiger partial charge in [-0.25, -0.2) is 0 Å². The fourth-order valence-corrected chi connectivity index (χ4v) is 2.88. The van der Waals surface area contributed by atoms with Crippen LogP contribution in [0.2, 0.25) is 0 Å². The van der Waals surface area contributed by atoms with Crippen molar-refractivity contribution in [1.29, 1.82) is 0 Å². The van der Waals surface area contributed by atoms with Gasteiger partial charge in [0.2, 0.25) is 0 Å². The predicted molar refractivity (Wildman–Crippen MR) is 120 cm³/mol. The van der Waals surface area contributed by atoms with Crippen molar-refractivity contribution in [2.45, 2.75) is 13.8 Å². The minimum absolute atomic E-state index is 0.301. The molecule has 2 aromatic carbocycles. The predicted octanol–water partition coefficient (Wildman–Crippen LogP) is 3.09. The summed E-state index contributed by atoms with van der Waals surface area (Å²) in [7, 11) is 0. The Bertz CT molecular complexity index is 767. The van der Waals surface area contributed by atoms with Crippen LogP contribution in [0.5, 0.6) is 11.5 Å². The molecule has 0 saturated heterocycles. The van der Waals surface area contributed by atoms with E-state index in [1.807, 2.05) is 36.4 Å². The zero-order valence-corrected chi connectivity index (χ0v) is 17.8. The van der Waals surface area contributed by atoms with Gasteiger partial charge >= 0.3 is 0 Å². The maximum absolute atomic E-state index is 12.6. The molecule has 0 aromatic heterocycles. The molecule has 0 radical (unpaired) electrons. The van der Waals surface area contributed by atoms with Crippen molar-refractivity contribution in [3.63, 3.8) is 0 Å². The zero-order valence-electron chi connectivity index (χ0n) is 17.0. The molecule has 2 rings (SSSR count). The van der Waals surface area contributed by atoms with Crippen molar-refractivity contribution >= 4 is 23.2 Å². The summed E-state index contributed by atoms with van der Waals surface area (Å²) in [6.45, 7) is 8.44. The van der Waals surface area contributed by atoms with Gasteiger partial charge in [0, 0.05) is 13.1 Å². The van der Waals surface area contributed by atoms with E-state index < -0.39 is 0 Å². The maximum Gasteiger partial charge on any atom is 0.261 e. The standard InChI is InChI=1S/C22H29N3O3S/c1-3-25(4-2)15-14-23-22(29)24-21(26)19-12-8-9-13-20(19)28-17-16-27-18-10-6-5-7-11-18/h5-13H,3-4,14-17H2,1-2H3,(H2,23,24,26,29). The highest BCUT2D eigenvalue weighted by Gasteiger charge is 2.13. The van der Waals surface area contributed by atoms with Gasteiger partial charge in [-0.05, 0) is 49.6 Å². The number of carbonyl (C=O) groups is 1. The van der Waals surface area contributed by atoms with Crippen LogP contribution in [0.1, 0.15) is 24.2 Å². The van der Waals surface area contributed by atoms with E-state index in [0.29, 0.717) is 36.2 Å². The van der Waals surface area contributed by atoms with Crippen molar-refractivity contribution < 1.29 is 14.3 Å². The molecule has 0 heterocycles. The average molecular weight is 416 g/mol. The lowest BCUT2D eigenvalue weighted by Gasteiger charge is -2.19. The summed E-state index contributed by atoms with van der Waals surface area (Å²) in [4.78, 5) is 14.9. The zero-order chi connectivity index (χ0) is 20.9. The SMILES string of the molecule is CCN(CC)CCNC(=S)NC(=O)c1ccccc1OCCOc1ccccc1. The Morgan fingerprint density at radius 2 is 1.62 bits per heavy atom. The van der Waals surface area contributed by atoms with Crippen LogP contribution in [0, 0.1) is 0 Å². The van der Waals surface area contributed by atoms with Gasteiger partial charge in [0.25, 0.3) is 5.91 Å². The van der Waals surface area contributed by atoms with Crippen molar-refractivity contribution in [3.8, 4) is 11.5 Å². The first-order valence-corrected chi connectivity index (χ1v) is 10.3. The summed E-state index contributed by atoms with van der Waals surface area (Å²) in [6.07, 6.45) is 0. The molecule has 0 unspecified atom stereocenters. The van der Waals surface area contributed by atoms with E-state index in [1.165, 1.54) is 0 Å². The number of nitrogens with one attached hydrogen (secondary N) is 2. The minimum atomic E-state index is -0.301. The summed E-state index contributed by atoms with van der Waals surface area (Å²) in [5, 5.41) is 6.09. The Hall–Kier alpha value is -2.64. The number of likely N-dealkylation sites (N-methyl/N-ethyl adjacent to an activating group) is 1. The van der Waals surface area contributed by atoms with Crippen molar-refractivity contribution in [1.82, 2.24) is 15.5 Å². The first-order valence-electron chi connectivity index (χ1n) is 9.85. The molecule has 0 fully saturated rings. The molecule has 7 heteroatoms. The molecule has 2 aromatic rings. The minimum Gasteiger partial charge on any atom is -0.490 e. The van der Waals surface area contributed by atoms with Gasteiger partial charge in [-0.1, -0.05) is 44.2 Å².